The number of fused-ring (bicyclic) bond motifs is 2. The summed E-state index contributed by atoms with van der Waals surface area (Å²) in [6, 6.07) is 9.80. The highest BCUT2D eigenvalue weighted by molar-refractivity contribution is 6.02. The van der Waals surface area contributed by atoms with E-state index in [4.69, 9.17) is 0 Å². The SMILES string of the molecule is O=C1CCc2ccccc2N1c1cn2cccnc2n1. The number of aryl methyl sites for hydroxylation is 1. The first kappa shape index (κ1) is 11.2. The van der Waals surface area contributed by atoms with Crippen LogP contribution in [0.3, 0.4) is 0 Å². The van der Waals surface area contributed by atoms with E-state index in [1.165, 1.54) is 5.56 Å². The third kappa shape index (κ3) is 1.60. The Hall–Kier alpha value is -2.69. The molecule has 2 aromatic heterocycles. The summed E-state index contributed by atoms with van der Waals surface area (Å²) in [7, 11) is 0. The Morgan fingerprint density at radius 3 is 2.90 bits per heavy atom. The average molecular weight is 264 g/mol. The molecule has 1 amide bonds. The van der Waals surface area contributed by atoms with E-state index in [0.717, 1.165) is 12.1 Å². The zero-order valence-corrected chi connectivity index (χ0v) is 10.7. The van der Waals surface area contributed by atoms with E-state index < -0.39 is 0 Å². The highest BCUT2D eigenvalue weighted by atomic mass is 16.2. The number of para-hydroxylation sites is 1. The van der Waals surface area contributed by atoms with Gasteiger partial charge in [-0.3, -0.25) is 14.1 Å². The lowest BCUT2D eigenvalue weighted by molar-refractivity contribution is -0.118. The zero-order chi connectivity index (χ0) is 13.5. The molecule has 1 aliphatic rings. The summed E-state index contributed by atoms with van der Waals surface area (Å²) in [4.78, 5) is 22.6. The van der Waals surface area contributed by atoms with Crippen LogP contribution in [0.1, 0.15) is 12.0 Å². The molecule has 3 heterocycles. The molecule has 0 saturated heterocycles. The van der Waals surface area contributed by atoms with Crippen molar-refractivity contribution in [2.75, 3.05) is 4.90 Å². The van der Waals surface area contributed by atoms with Crippen molar-refractivity contribution in [1.29, 1.82) is 0 Å². The van der Waals surface area contributed by atoms with Crippen LogP contribution in [-0.4, -0.2) is 20.3 Å². The van der Waals surface area contributed by atoms with Crippen molar-refractivity contribution in [3.63, 3.8) is 0 Å². The number of amides is 1. The van der Waals surface area contributed by atoms with Gasteiger partial charge in [-0.15, -0.1) is 0 Å². The first-order chi connectivity index (χ1) is 9.83. The van der Waals surface area contributed by atoms with Gasteiger partial charge in [-0.2, -0.15) is 4.98 Å². The van der Waals surface area contributed by atoms with Gasteiger partial charge in [0.25, 0.3) is 0 Å². The topological polar surface area (TPSA) is 50.5 Å². The predicted molar refractivity (Wildman–Crippen MR) is 74.9 cm³/mol. The van der Waals surface area contributed by atoms with Crippen molar-refractivity contribution < 1.29 is 4.79 Å². The normalized spacial score (nSPS) is 14.6. The molecule has 5 nitrogen and oxygen atoms in total. The second-order valence-corrected chi connectivity index (χ2v) is 4.78. The highest BCUT2D eigenvalue weighted by Crippen LogP contribution is 2.33. The zero-order valence-electron chi connectivity index (χ0n) is 10.7. The summed E-state index contributed by atoms with van der Waals surface area (Å²) >= 11 is 0. The number of anilines is 2. The molecule has 0 fully saturated rings. The van der Waals surface area contributed by atoms with Crippen molar-refractivity contribution in [3.8, 4) is 0 Å². The van der Waals surface area contributed by atoms with Gasteiger partial charge < -0.3 is 0 Å². The number of carbonyl (C=O) groups excluding carboxylic acids is 1. The van der Waals surface area contributed by atoms with Gasteiger partial charge in [0, 0.05) is 18.8 Å². The molecule has 0 atom stereocenters. The standard InChI is InChI=1S/C15H12N4O/c20-14-7-6-11-4-1-2-5-12(11)19(14)13-10-18-9-3-8-16-15(18)17-13/h1-5,8-10H,6-7H2. The van der Waals surface area contributed by atoms with E-state index in [2.05, 4.69) is 16.0 Å². The number of hydrogen-bond acceptors (Lipinski definition) is 3. The van der Waals surface area contributed by atoms with Crippen LogP contribution in [0, 0.1) is 0 Å². The quantitative estimate of drug-likeness (QED) is 0.678. The van der Waals surface area contributed by atoms with Crippen LogP contribution in [0.5, 0.6) is 0 Å². The van der Waals surface area contributed by atoms with Gasteiger partial charge in [0.2, 0.25) is 11.7 Å². The summed E-state index contributed by atoms with van der Waals surface area (Å²) < 4.78 is 1.82. The van der Waals surface area contributed by atoms with Crippen LogP contribution in [0.4, 0.5) is 11.5 Å². The lowest BCUT2D eigenvalue weighted by atomic mass is 10.0. The molecule has 98 valence electrons. The van der Waals surface area contributed by atoms with Crippen molar-refractivity contribution in [1.82, 2.24) is 14.4 Å². The summed E-state index contributed by atoms with van der Waals surface area (Å²) in [5.41, 5.74) is 2.10. The van der Waals surface area contributed by atoms with E-state index in [1.54, 1.807) is 11.1 Å². The first-order valence-electron chi connectivity index (χ1n) is 6.53. The Kier molecular flexibility index (Phi) is 2.32. The Morgan fingerprint density at radius 2 is 2.00 bits per heavy atom. The molecule has 4 rings (SSSR count). The number of rotatable bonds is 1. The maximum atomic E-state index is 12.3. The second-order valence-electron chi connectivity index (χ2n) is 4.78. The van der Waals surface area contributed by atoms with Gasteiger partial charge in [-0.25, -0.2) is 4.98 Å². The number of benzene rings is 1. The van der Waals surface area contributed by atoms with Crippen molar-refractivity contribution in [2.24, 2.45) is 0 Å². The molecule has 20 heavy (non-hydrogen) atoms. The minimum atomic E-state index is 0.0760. The molecule has 3 aromatic rings. The van der Waals surface area contributed by atoms with E-state index >= 15 is 0 Å². The second kappa shape index (κ2) is 4.16. The Bertz CT molecular complexity index is 775. The molecule has 0 radical (unpaired) electrons. The maximum Gasteiger partial charge on any atom is 0.235 e. The minimum absolute atomic E-state index is 0.0760. The van der Waals surface area contributed by atoms with Crippen LogP contribution >= 0.6 is 0 Å². The monoisotopic (exact) mass is 264 g/mol. The first-order valence-corrected chi connectivity index (χ1v) is 6.53. The molecule has 5 heteroatoms. The number of imidazole rings is 1. The Morgan fingerprint density at radius 1 is 1.10 bits per heavy atom. The molecule has 0 aliphatic carbocycles. The van der Waals surface area contributed by atoms with Gasteiger partial charge in [-0.1, -0.05) is 18.2 Å². The molecular weight excluding hydrogens is 252 g/mol. The molecule has 0 spiro atoms. The minimum Gasteiger partial charge on any atom is -0.289 e. The summed E-state index contributed by atoms with van der Waals surface area (Å²) in [6.45, 7) is 0. The van der Waals surface area contributed by atoms with Gasteiger partial charge in [0.05, 0.1) is 11.9 Å². The van der Waals surface area contributed by atoms with Crippen molar-refractivity contribution in [3.05, 3.63) is 54.5 Å². The fourth-order valence-electron chi connectivity index (χ4n) is 2.60. The van der Waals surface area contributed by atoms with Crippen LogP contribution in [0.2, 0.25) is 0 Å². The average Bonchev–Trinajstić information content (AvgIpc) is 2.90. The van der Waals surface area contributed by atoms with Crippen LogP contribution in [0.25, 0.3) is 5.78 Å². The van der Waals surface area contributed by atoms with E-state index in [1.807, 2.05) is 41.1 Å². The molecule has 1 aliphatic heterocycles. The molecule has 0 saturated carbocycles. The molecule has 0 bridgehead atoms. The van der Waals surface area contributed by atoms with E-state index in [0.29, 0.717) is 18.0 Å². The van der Waals surface area contributed by atoms with Crippen LogP contribution < -0.4 is 4.90 Å². The molecule has 0 unspecified atom stereocenters. The lowest BCUT2D eigenvalue weighted by Gasteiger charge is -2.27. The summed E-state index contributed by atoms with van der Waals surface area (Å²) in [5, 5.41) is 0. The number of hydrogen-bond donors (Lipinski definition) is 0. The highest BCUT2D eigenvalue weighted by Gasteiger charge is 2.27. The summed E-state index contributed by atoms with van der Waals surface area (Å²) in [6.07, 6.45) is 6.70. The number of nitrogens with zero attached hydrogens (tertiary/aromatic N) is 4. The van der Waals surface area contributed by atoms with Crippen LogP contribution in [-0.2, 0) is 11.2 Å². The van der Waals surface area contributed by atoms with E-state index in [-0.39, 0.29) is 5.91 Å². The van der Waals surface area contributed by atoms with Crippen LogP contribution in [0.15, 0.2) is 48.9 Å². The van der Waals surface area contributed by atoms with Crippen molar-refractivity contribution >= 4 is 23.2 Å². The smallest absolute Gasteiger partial charge is 0.235 e. The summed E-state index contributed by atoms with van der Waals surface area (Å²) in [5.74, 6) is 1.30. The number of aromatic nitrogens is 3. The number of carbonyl (C=O) groups is 1. The van der Waals surface area contributed by atoms with Gasteiger partial charge in [0.1, 0.15) is 0 Å². The fourth-order valence-corrected chi connectivity index (χ4v) is 2.60. The Labute approximate surface area is 115 Å². The third-order valence-corrected chi connectivity index (χ3v) is 3.54. The van der Waals surface area contributed by atoms with Gasteiger partial charge >= 0.3 is 0 Å². The maximum absolute atomic E-state index is 12.3. The van der Waals surface area contributed by atoms with E-state index in [9.17, 15) is 4.79 Å². The molecule has 1 aromatic carbocycles. The fraction of sp³-hybridized carbons (Fsp3) is 0.133. The van der Waals surface area contributed by atoms with Gasteiger partial charge in [0.15, 0.2) is 5.82 Å². The molecule has 0 N–H and O–H groups in total. The Balaban J connectivity index is 1.90. The van der Waals surface area contributed by atoms with Crippen molar-refractivity contribution in [2.45, 2.75) is 12.8 Å². The molecular formula is C15H12N4O. The largest absolute Gasteiger partial charge is 0.289 e. The predicted octanol–water partition coefficient (Wildman–Crippen LogP) is 2.34. The third-order valence-electron chi connectivity index (χ3n) is 3.54. The lowest BCUT2D eigenvalue weighted by Crippen LogP contribution is -2.30. The van der Waals surface area contributed by atoms with Gasteiger partial charge in [-0.05, 0) is 24.1 Å².